The van der Waals surface area contributed by atoms with Crippen molar-refractivity contribution in [1.82, 2.24) is 10.3 Å². The lowest BCUT2D eigenvalue weighted by molar-refractivity contribution is 0.347. The monoisotopic (exact) mass is 354 g/mol. The molecule has 0 spiro atoms. The Hall–Kier alpha value is -2.66. The molecule has 0 saturated carbocycles. The number of ether oxygens (including phenoxy) is 3. The molecule has 0 unspecified atom stereocenters. The van der Waals surface area contributed by atoms with E-state index < -0.39 is 0 Å². The van der Waals surface area contributed by atoms with Crippen LogP contribution >= 0.6 is 0 Å². The Balaban J connectivity index is 1.66. The van der Waals surface area contributed by atoms with Crippen molar-refractivity contribution in [3.8, 4) is 17.2 Å². The van der Waals surface area contributed by atoms with Crippen LogP contribution < -0.4 is 19.5 Å². The molecule has 26 heavy (non-hydrogen) atoms. The van der Waals surface area contributed by atoms with Crippen molar-refractivity contribution < 1.29 is 14.2 Å². The Morgan fingerprint density at radius 2 is 1.65 bits per heavy atom. The molecule has 3 rings (SSSR count). The van der Waals surface area contributed by atoms with Crippen molar-refractivity contribution in [3.05, 3.63) is 53.2 Å². The lowest BCUT2D eigenvalue weighted by Gasteiger charge is -2.14. The first-order valence-electron chi connectivity index (χ1n) is 8.73. The molecule has 0 amide bonds. The third-order valence-corrected chi connectivity index (χ3v) is 4.67. The maximum atomic E-state index is 5.48. The average molecular weight is 354 g/mol. The van der Waals surface area contributed by atoms with Gasteiger partial charge in [-0.2, -0.15) is 0 Å². The van der Waals surface area contributed by atoms with Gasteiger partial charge in [-0.15, -0.1) is 0 Å². The molecule has 0 bridgehead atoms. The van der Waals surface area contributed by atoms with Crippen LogP contribution in [0.1, 0.15) is 16.7 Å². The van der Waals surface area contributed by atoms with E-state index in [4.69, 9.17) is 14.2 Å². The summed E-state index contributed by atoms with van der Waals surface area (Å²) in [7, 11) is 4.93. The Labute approximate surface area is 154 Å². The molecule has 0 aliphatic rings. The van der Waals surface area contributed by atoms with Gasteiger partial charge in [0.2, 0.25) is 0 Å². The van der Waals surface area contributed by atoms with E-state index in [9.17, 15) is 0 Å². The van der Waals surface area contributed by atoms with Gasteiger partial charge in [-0.3, -0.25) is 0 Å². The number of hydrogen-bond donors (Lipinski definition) is 2. The number of methoxy groups -OCH3 is 3. The molecule has 5 heteroatoms. The molecule has 0 fully saturated rings. The van der Waals surface area contributed by atoms with Gasteiger partial charge < -0.3 is 24.5 Å². The van der Waals surface area contributed by atoms with E-state index in [2.05, 4.69) is 41.6 Å². The van der Waals surface area contributed by atoms with E-state index >= 15 is 0 Å². The summed E-state index contributed by atoms with van der Waals surface area (Å²) < 4.78 is 16.2. The maximum Gasteiger partial charge on any atom is 0.164 e. The fraction of sp³-hybridized carbons (Fsp3) is 0.333. The van der Waals surface area contributed by atoms with Gasteiger partial charge >= 0.3 is 0 Å². The zero-order valence-electron chi connectivity index (χ0n) is 15.8. The smallest absolute Gasteiger partial charge is 0.164 e. The summed E-state index contributed by atoms with van der Waals surface area (Å²) >= 11 is 0. The summed E-state index contributed by atoms with van der Waals surface area (Å²) in [6.45, 7) is 3.73. The normalized spacial score (nSPS) is 10.9. The van der Waals surface area contributed by atoms with Crippen LogP contribution in [0, 0.1) is 6.92 Å². The van der Waals surface area contributed by atoms with E-state index in [1.54, 1.807) is 21.3 Å². The predicted molar refractivity (Wildman–Crippen MR) is 105 cm³/mol. The molecule has 0 saturated heterocycles. The number of rotatable bonds is 8. The summed E-state index contributed by atoms with van der Waals surface area (Å²) in [6.07, 6.45) is 3.07. The highest BCUT2D eigenvalue weighted by Crippen LogP contribution is 2.34. The maximum absolute atomic E-state index is 5.48. The first-order chi connectivity index (χ1) is 12.7. The number of aryl methyl sites for hydroxylation is 1. The van der Waals surface area contributed by atoms with Crippen LogP contribution in [0.25, 0.3) is 10.9 Å². The lowest BCUT2D eigenvalue weighted by Crippen LogP contribution is -2.17. The molecule has 1 heterocycles. The molecular formula is C21H26N2O3. The van der Waals surface area contributed by atoms with E-state index in [1.165, 1.54) is 22.0 Å². The second-order valence-electron chi connectivity index (χ2n) is 6.26. The van der Waals surface area contributed by atoms with Crippen molar-refractivity contribution in [2.75, 3.05) is 27.9 Å². The van der Waals surface area contributed by atoms with Gasteiger partial charge in [0.05, 0.1) is 21.3 Å². The number of nitrogens with one attached hydrogen (secondary N) is 2. The van der Waals surface area contributed by atoms with Gasteiger partial charge in [-0.25, -0.2) is 0 Å². The fourth-order valence-corrected chi connectivity index (χ4v) is 3.33. The molecule has 0 aliphatic heterocycles. The third-order valence-electron chi connectivity index (χ3n) is 4.67. The number of benzene rings is 2. The molecule has 0 aliphatic carbocycles. The first-order valence-corrected chi connectivity index (χ1v) is 8.73. The molecule has 3 aromatic rings. The van der Waals surface area contributed by atoms with Crippen LogP contribution in [-0.2, 0) is 13.0 Å². The zero-order valence-corrected chi connectivity index (χ0v) is 15.8. The Kier molecular flexibility index (Phi) is 5.68. The molecule has 0 atom stereocenters. The van der Waals surface area contributed by atoms with E-state index in [1.807, 2.05) is 12.1 Å². The summed E-state index contributed by atoms with van der Waals surface area (Å²) in [5.41, 5.74) is 4.88. The SMILES string of the molecule is COc1cc(OC)c(OC)cc1CNCCc1c[nH]c2cccc(C)c12. The van der Waals surface area contributed by atoms with Crippen molar-refractivity contribution in [2.45, 2.75) is 19.9 Å². The lowest BCUT2D eigenvalue weighted by atomic mass is 10.1. The van der Waals surface area contributed by atoms with Gasteiger partial charge in [-0.1, -0.05) is 12.1 Å². The highest BCUT2D eigenvalue weighted by molar-refractivity contribution is 5.86. The summed E-state index contributed by atoms with van der Waals surface area (Å²) in [4.78, 5) is 3.36. The molecule has 2 N–H and O–H groups in total. The molecule has 138 valence electrons. The number of aromatic amines is 1. The van der Waals surface area contributed by atoms with E-state index in [0.29, 0.717) is 18.0 Å². The number of H-pyrrole nitrogens is 1. The van der Waals surface area contributed by atoms with Crippen LogP contribution in [-0.4, -0.2) is 32.9 Å². The molecule has 5 nitrogen and oxygen atoms in total. The van der Waals surface area contributed by atoms with E-state index in [-0.39, 0.29) is 0 Å². The van der Waals surface area contributed by atoms with Gasteiger partial charge in [0, 0.05) is 35.3 Å². The minimum Gasteiger partial charge on any atom is -0.496 e. The highest BCUT2D eigenvalue weighted by Gasteiger charge is 2.12. The van der Waals surface area contributed by atoms with Crippen molar-refractivity contribution in [1.29, 1.82) is 0 Å². The van der Waals surface area contributed by atoms with Crippen LogP contribution in [0.2, 0.25) is 0 Å². The Morgan fingerprint density at radius 3 is 2.38 bits per heavy atom. The number of hydrogen-bond acceptors (Lipinski definition) is 4. The van der Waals surface area contributed by atoms with Crippen LogP contribution in [0.5, 0.6) is 17.2 Å². The Morgan fingerprint density at radius 1 is 0.923 bits per heavy atom. The standard InChI is InChI=1S/C21H26N2O3/c1-14-6-5-7-17-21(14)15(13-23-17)8-9-22-12-16-10-19(25-3)20(26-4)11-18(16)24-2/h5-7,10-11,13,22-23H,8-9,12H2,1-4H3. The van der Waals surface area contributed by atoms with Gasteiger partial charge in [0.1, 0.15) is 5.75 Å². The molecular weight excluding hydrogens is 328 g/mol. The molecule has 2 aromatic carbocycles. The molecule has 0 radical (unpaired) electrons. The minimum absolute atomic E-state index is 0.669. The summed E-state index contributed by atoms with van der Waals surface area (Å²) in [5.74, 6) is 2.16. The van der Waals surface area contributed by atoms with E-state index in [0.717, 1.165) is 24.3 Å². The number of fused-ring (bicyclic) bond motifs is 1. The van der Waals surface area contributed by atoms with Gasteiger partial charge in [0.25, 0.3) is 0 Å². The topological polar surface area (TPSA) is 55.5 Å². The second kappa shape index (κ2) is 8.15. The van der Waals surface area contributed by atoms with Crippen LogP contribution in [0.15, 0.2) is 36.5 Å². The largest absolute Gasteiger partial charge is 0.496 e. The fourth-order valence-electron chi connectivity index (χ4n) is 3.33. The van der Waals surface area contributed by atoms with Gasteiger partial charge in [-0.05, 0) is 43.1 Å². The zero-order chi connectivity index (χ0) is 18.5. The Bertz CT molecular complexity index is 886. The van der Waals surface area contributed by atoms with Crippen LogP contribution in [0.4, 0.5) is 0 Å². The predicted octanol–water partition coefficient (Wildman–Crippen LogP) is 3.83. The van der Waals surface area contributed by atoms with Crippen molar-refractivity contribution in [3.63, 3.8) is 0 Å². The second-order valence-corrected chi connectivity index (χ2v) is 6.26. The van der Waals surface area contributed by atoms with Crippen molar-refractivity contribution >= 4 is 10.9 Å². The third kappa shape index (κ3) is 3.63. The number of aromatic nitrogens is 1. The summed E-state index contributed by atoms with van der Waals surface area (Å²) in [6, 6.07) is 10.2. The minimum atomic E-state index is 0.669. The average Bonchev–Trinajstić information content (AvgIpc) is 3.09. The quantitative estimate of drug-likeness (QED) is 0.604. The van der Waals surface area contributed by atoms with Gasteiger partial charge in [0.15, 0.2) is 11.5 Å². The van der Waals surface area contributed by atoms with Crippen LogP contribution in [0.3, 0.4) is 0 Å². The first kappa shape index (κ1) is 18.1. The summed E-state index contributed by atoms with van der Waals surface area (Å²) in [5, 5.41) is 4.83. The molecule has 1 aromatic heterocycles. The highest BCUT2D eigenvalue weighted by atomic mass is 16.5. The van der Waals surface area contributed by atoms with Crippen molar-refractivity contribution in [2.24, 2.45) is 0 Å².